The SMILES string of the molecule is COCC(C)CC(=O)NC1(CO)CCCC1. The van der Waals surface area contributed by atoms with Crippen LogP contribution in [0.2, 0.25) is 0 Å². The monoisotopic (exact) mass is 229 g/mol. The summed E-state index contributed by atoms with van der Waals surface area (Å²) in [5.74, 6) is 0.252. The van der Waals surface area contributed by atoms with Gasteiger partial charge in [-0.05, 0) is 18.8 Å². The van der Waals surface area contributed by atoms with Crippen molar-refractivity contribution in [1.82, 2.24) is 5.32 Å². The second-order valence-electron chi connectivity index (χ2n) is 4.96. The fraction of sp³-hybridized carbons (Fsp3) is 0.917. The predicted molar refractivity (Wildman–Crippen MR) is 62.1 cm³/mol. The maximum absolute atomic E-state index is 11.8. The molecule has 1 unspecified atom stereocenters. The molecule has 1 amide bonds. The minimum atomic E-state index is -0.343. The van der Waals surface area contributed by atoms with Gasteiger partial charge in [0.05, 0.1) is 12.1 Å². The van der Waals surface area contributed by atoms with Crippen LogP contribution >= 0.6 is 0 Å². The third-order valence-corrected chi connectivity index (χ3v) is 3.25. The van der Waals surface area contributed by atoms with E-state index in [9.17, 15) is 9.90 Å². The number of methoxy groups -OCH3 is 1. The highest BCUT2D eigenvalue weighted by atomic mass is 16.5. The quantitative estimate of drug-likeness (QED) is 0.716. The summed E-state index contributed by atoms with van der Waals surface area (Å²) in [5, 5.41) is 12.4. The smallest absolute Gasteiger partial charge is 0.220 e. The largest absolute Gasteiger partial charge is 0.394 e. The molecule has 1 atom stereocenters. The number of carbonyl (C=O) groups is 1. The summed E-state index contributed by atoms with van der Waals surface area (Å²) in [7, 11) is 1.64. The highest BCUT2D eigenvalue weighted by molar-refractivity contribution is 5.77. The summed E-state index contributed by atoms with van der Waals surface area (Å²) >= 11 is 0. The van der Waals surface area contributed by atoms with Gasteiger partial charge in [0.25, 0.3) is 0 Å². The van der Waals surface area contributed by atoms with E-state index in [0.717, 1.165) is 25.7 Å². The van der Waals surface area contributed by atoms with Gasteiger partial charge in [-0.15, -0.1) is 0 Å². The molecule has 0 aliphatic heterocycles. The summed E-state index contributed by atoms with van der Waals surface area (Å²) in [6, 6.07) is 0. The Labute approximate surface area is 97.4 Å². The molecular formula is C12H23NO3. The Morgan fingerprint density at radius 1 is 1.50 bits per heavy atom. The molecule has 0 aromatic carbocycles. The van der Waals surface area contributed by atoms with Gasteiger partial charge in [-0.2, -0.15) is 0 Å². The van der Waals surface area contributed by atoms with Crippen molar-refractivity contribution >= 4 is 5.91 Å². The topological polar surface area (TPSA) is 58.6 Å². The molecule has 0 aromatic rings. The number of amides is 1. The van der Waals surface area contributed by atoms with Gasteiger partial charge < -0.3 is 15.2 Å². The van der Waals surface area contributed by atoms with E-state index in [-0.39, 0.29) is 24.0 Å². The molecule has 4 heteroatoms. The molecule has 0 aromatic heterocycles. The average Bonchev–Trinajstić information content (AvgIpc) is 2.67. The van der Waals surface area contributed by atoms with Crippen LogP contribution in [0.1, 0.15) is 39.0 Å². The minimum Gasteiger partial charge on any atom is -0.394 e. The lowest BCUT2D eigenvalue weighted by molar-refractivity contribution is -0.124. The summed E-state index contributed by atoms with van der Waals surface area (Å²) in [6.45, 7) is 2.64. The lowest BCUT2D eigenvalue weighted by Crippen LogP contribution is -2.49. The van der Waals surface area contributed by atoms with Crippen LogP contribution < -0.4 is 5.32 Å². The molecule has 1 aliphatic carbocycles. The Morgan fingerprint density at radius 2 is 2.12 bits per heavy atom. The van der Waals surface area contributed by atoms with Crippen LogP contribution in [-0.2, 0) is 9.53 Å². The number of ether oxygens (including phenoxy) is 1. The molecule has 0 heterocycles. The molecule has 1 rings (SSSR count). The lowest BCUT2D eigenvalue weighted by atomic mass is 9.98. The molecule has 0 radical (unpaired) electrons. The van der Waals surface area contributed by atoms with Gasteiger partial charge in [0.15, 0.2) is 0 Å². The molecule has 0 saturated heterocycles. The van der Waals surface area contributed by atoms with Crippen LogP contribution in [0.15, 0.2) is 0 Å². The molecule has 94 valence electrons. The Bertz CT molecular complexity index is 224. The standard InChI is InChI=1S/C12H23NO3/c1-10(8-16-2)7-11(15)13-12(9-14)5-3-4-6-12/h10,14H,3-9H2,1-2H3,(H,13,15). The summed E-state index contributed by atoms with van der Waals surface area (Å²) in [6.07, 6.45) is 4.44. The van der Waals surface area contributed by atoms with Crippen LogP contribution in [0.3, 0.4) is 0 Å². The van der Waals surface area contributed by atoms with Crippen molar-refractivity contribution in [2.24, 2.45) is 5.92 Å². The average molecular weight is 229 g/mol. The molecule has 1 saturated carbocycles. The van der Waals surface area contributed by atoms with E-state index < -0.39 is 0 Å². The molecule has 1 aliphatic rings. The number of hydrogen-bond acceptors (Lipinski definition) is 3. The highest BCUT2D eigenvalue weighted by Gasteiger charge is 2.34. The van der Waals surface area contributed by atoms with Crippen LogP contribution in [0.25, 0.3) is 0 Å². The van der Waals surface area contributed by atoms with Crippen LogP contribution in [-0.4, -0.2) is 36.9 Å². The first-order valence-corrected chi connectivity index (χ1v) is 6.03. The van der Waals surface area contributed by atoms with E-state index in [0.29, 0.717) is 13.0 Å². The molecule has 0 spiro atoms. The maximum Gasteiger partial charge on any atom is 0.220 e. The van der Waals surface area contributed by atoms with Crippen molar-refractivity contribution in [1.29, 1.82) is 0 Å². The van der Waals surface area contributed by atoms with E-state index in [4.69, 9.17) is 4.74 Å². The van der Waals surface area contributed by atoms with Crippen molar-refractivity contribution in [3.63, 3.8) is 0 Å². The number of aliphatic hydroxyl groups excluding tert-OH is 1. The van der Waals surface area contributed by atoms with Crippen molar-refractivity contribution < 1.29 is 14.6 Å². The van der Waals surface area contributed by atoms with Gasteiger partial charge in [-0.3, -0.25) is 4.79 Å². The van der Waals surface area contributed by atoms with Gasteiger partial charge in [0.1, 0.15) is 0 Å². The lowest BCUT2D eigenvalue weighted by Gasteiger charge is -2.28. The molecular weight excluding hydrogens is 206 g/mol. The van der Waals surface area contributed by atoms with E-state index in [1.807, 2.05) is 6.92 Å². The fourth-order valence-electron chi connectivity index (χ4n) is 2.38. The molecule has 4 nitrogen and oxygen atoms in total. The first kappa shape index (κ1) is 13.5. The Morgan fingerprint density at radius 3 is 2.62 bits per heavy atom. The predicted octanol–water partition coefficient (Wildman–Crippen LogP) is 1.08. The van der Waals surface area contributed by atoms with Crippen molar-refractivity contribution in [3.8, 4) is 0 Å². The number of nitrogens with one attached hydrogen (secondary N) is 1. The number of carbonyl (C=O) groups excluding carboxylic acids is 1. The summed E-state index contributed by atoms with van der Waals surface area (Å²) in [4.78, 5) is 11.8. The van der Waals surface area contributed by atoms with E-state index >= 15 is 0 Å². The fourth-order valence-corrected chi connectivity index (χ4v) is 2.38. The van der Waals surface area contributed by atoms with Crippen LogP contribution in [0.5, 0.6) is 0 Å². The second kappa shape index (κ2) is 6.21. The third kappa shape index (κ3) is 3.76. The maximum atomic E-state index is 11.8. The van der Waals surface area contributed by atoms with E-state index in [1.54, 1.807) is 7.11 Å². The van der Waals surface area contributed by atoms with Gasteiger partial charge in [0, 0.05) is 20.1 Å². The van der Waals surface area contributed by atoms with Crippen LogP contribution in [0.4, 0.5) is 0 Å². The third-order valence-electron chi connectivity index (χ3n) is 3.25. The van der Waals surface area contributed by atoms with Gasteiger partial charge in [-0.25, -0.2) is 0 Å². The second-order valence-corrected chi connectivity index (χ2v) is 4.96. The van der Waals surface area contributed by atoms with Crippen LogP contribution in [0, 0.1) is 5.92 Å². The number of hydrogen-bond donors (Lipinski definition) is 2. The van der Waals surface area contributed by atoms with E-state index in [1.165, 1.54) is 0 Å². The van der Waals surface area contributed by atoms with Crippen molar-refractivity contribution in [3.05, 3.63) is 0 Å². The molecule has 1 fully saturated rings. The summed E-state index contributed by atoms with van der Waals surface area (Å²) in [5.41, 5.74) is -0.343. The van der Waals surface area contributed by atoms with Crippen molar-refractivity contribution in [2.75, 3.05) is 20.3 Å². The molecule has 2 N–H and O–H groups in total. The van der Waals surface area contributed by atoms with Gasteiger partial charge >= 0.3 is 0 Å². The Balaban J connectivity index is 2.37. The van der Waals surface area contributed by atoms with E-state index in [2.05, 4.69) is 5.32 Å². The Kier molecular flexibility index (Phi) is 5.22. The zero-order valence-corrected chi connectivity index (χ0v) is 10.3. The Hall–Kier alpha value is -0.610. The zero-order valence-electron chi connectivity index (χ0n) is 10.3. The van der Waals surface area contributed by atoms with Gasteiger partial charge in [0.2, 0.25) is 5.91 Å². The normalized spacial score (nSPS) is 20.7. The minimum absolute atomic E-state index is 0.0282. The highest BCUT2D eigenvalue weighted by Crippen LogP contribution is 2.29. The van der Waals surface area contributed by atoms with Gasteiger partial charge in [-0.1, -0.05) is 19.8 Å². The summed E-state index contributed by atoms with van der Waals surface area (Å²) < 4.78 is 5.00. The molecule has 16 heavy (non-hydrogen) atoms. The first-order chi connectivity index (χ1) is 7.62. The molecule has 0 bridgehead atoms. The first-order valence-electron chi connectivity index (χ1n) is 6.03. The number of aliphatic hydroxyl groups is 1. The number of rotatable bonds is 6. The zero-order chi connectivity index (χ0) is 12.0. The van der Waals surface area contributed by atoms with Crippen molar-refractivity contribution in [2.45, 2.75) is 44.6 Å².